The van der Waals surface area contributed by atoms with Crippen LogP contribution in [-0.4, -0.2) is 51.2 Å². The predicted octanol–water partition coefficient (Wildman–Crippen LogP) is 3.23. The summed E-state index contributed by atoms with van der Waals surface area (Å²) in [6, 6.07) is 22.2. The molecular weight excluding hydrogens is 468 g/mol. The molecule has 0 aliphatic rings. The van der Waals surface area contributed by atoms with Crippen LogP contribution in [0.15, 0.2) is 72.8 Å². The van der Waals surface area contributed by atoms with Crippen LogP contribution in [0.1, 0.15) is 22.8 Å². The molecule has 0 saturated heterocycles. The van der Waals surface area contributed by atoms with Crippen molar-refractivity contribution in [3.63, 3.8) is 0 Å². The number of sulfonamides is 1. The van der Waals surface area contributed by atoms with Crippen LogP contribution < -0.4 is 14.8 Å². The van der Waals surface area contributed by atoms with Crippen LogP contribution in [0.2, 0.25) is 0 Å². The van der Waals surface area contributed by atoms with E-state index in [4.69, 9.17) is 9.47 Å². The summed E-state index contributed by atoms with van der Waals surface area (Å²) in [6.07, 6.45) is 0.914. The van der Waals surface area contributed by atoms with Crippen molar-refractivity contribution >= 4 is 15.7 Å². The van der Waals surface area contributed by atoms with Crippen LogP contribution in [0.25, 0.3) is 0 Å². The zero-order valence-electron chi connectivity index (χ0n) is 19.7. The number of ether oxygens (including phenoxy) is 2. The summed E-state index contributed by atoms with van der Waals surface area (Å²) in [5.74, 6) is 0.581. The van der Waals surface area contributed by atoms with Crippen molar-refractivity contribution in [2.24, 2.45) is 0 Å². The molecule has 9 heteroatoms. The van der Waals surface area contributed by atoms with Crippen molar-refractivity contribution in [2.45, 2.75) is 19.1 Å². The van der Waals surface area contributed by atoms with E-state index in [1.54, 1.807) is 6.07 Å². The Morgan fingerprint density at radius 1 is 0.943 bits per heavy atom. The zero-order valence-corrected chi connectivity index (χ0v) is 20.5. The molecule has 0 radical (unpaired) electrons. The maximum absolute atomic E-state index is 11.4. The average Bonchev–Trinajstić information content (AvgIpc) is 2.83. The smallest absolute Gasteiger partial charge is 0.229 e. The Hall–Kier alpha value is -3.11. The molecule has 3 aromatic carbocycles. The topological polar surface area (TPSA) is 117 Å². The number of phenolic OH excluding ortho intramolecular Hbond substituents is 1. The third-order valence-corrected chi connectivity index (χ3v) is 5.75. The van der Waals surface area contributed by atoms with Crippen molar-refractivity contribution in [3.05, 3.63) is 89.5 Å². The maximum Gasteiger partial charge on any atom is 0.229 e. The van der Waals surface area contributed by atoms with E-state index >= 15 is 0 Å². The van der Waals surface area contributed by atoms with E-state index in [1.807, 2.05) is 54.6 Å². The molecule has 8 nitrogen and oxygen atoms in total. The van der Waals surface area contributed by atoms with Gasteiger partial charge in [-0.05, 0) is 53.9 Å². The summed E-state index contributed by atoms with van der Waals surface area (Å²) in [7, 11) is -3.54. The van der Waals surface area contributed by atoms with Gasteiger partial charge in [-0.1, -0.05) is 48.5 Å². The summed E-state index contributed by atoms with van der Waals surface area (Å²) < 4.78 is 36.4. The number of aromatic hydroxyl groups is 1. The van der Waals surface area contributed by atoms with Gasteiger partial charge < -0.3 is 25.0 Å². The highest BCUT2D eigenvalue weighted by molar-refractivity contribution is 7.92. The van der Waals surface area contributed by atoms with Crippen LogP contribution in [0.5, 0.6) is 11.5 Å². The van der Waals surface area contributed by atoms with E-state index in [0.29, 0.717) is 31.9 Å². The number of hydrogen-bond donors (Lipinski definition) is 4. The van der Waals surface area contributed by atoms with Gasteiger partial charge in [-0.15, -0.1) is 0 Å². The Kier molecular flexibility index (Phi) is 9.92. The summed E-state index contributed by atoms with van der Waals surface area (Å²) in [5.41, 5.74) is 2.79. The first-order chi connectivity index (χ1) is 16.8. The van der Waals surface area contributed by atoms with E-state index < -0.39 is 16.1 Å². The number of benzene rings is 3. The highest BCUT2D eigenvalue weighted by atomic mass is 32.2. The lowest BCUT2D eigenvalue weighted by molar-refractivity contribution is 0.0889. The minimum Gasteiger partial charge on any atom is -0.506 e. The molecule has 0 fully saturated rings. The van der Waals surface area contributed by atoms with Gasteiger partial charge in [-0.25, -0.2) is 8.42 Å². The number of aliphatic hydroxyl groups is 1. The molecule has 4 N–H and O–H groups in total. The molecule has 0 bridgehead atoms. The van der Waals surface area contributed by atoms with Gasteiger partial charge in [0, 0.05) is 6.54 Å². The fourth-order valence-corrected chi connectivity index (χ4v) is 3.93. The highest BCUT2D eigenvalue weighted by Gasteiger charge is 2.12. The molecule has 0 spiro atoms. The molecule has 0 saturated carbocycles. The van der Waals surface area contributed by atoms with Gasteiger partial charge in [0.15, 0.2) is 0 Å². The van der Waals surface area contributed by atoms with E-state index in [0.717, 1.165) is 29.6 Å². The van der Waals surface area contributed by atoms with Crippen LogP contribution >= 0.6 is 0 Å². The van der Waals surface area contributed by atoms with Crippen LogP contribution in [0, 0.1) is 0 Å². The molecule has 0 aromatic heterocycles. The van der Waals surface area contributed by atoms with Crippen molar-refractivity contribution in [3.8, 4) is 11.5 Å². The molecule has 0 amide bonds. The Labute approximate surface area is 206 Å². The third kappa shape index (κ3) is 9.58. The van der Waals surface area contributed by atoms with Gasteiger partial charge in [0.05, 0.1) is 31.3 Å². The quantitative estimate of drug-likeness (QED) is 0.198. The van der Waals surface area contributed by atoms with E-state index in [2.05, 4.69) is 10.0 Å². The fraction of sp³-hybridized carbons (Fsp3) is 0.308. The molecule has 3 rings (SSSR count). The number of aliphatic hydroxyl groups excluding tert-OH is 1. The lowest BCUT2D eigenvalue weighted by Crippen LogP contribution is -2.24. The first-order valence-corrected chi connectivity index (χ1v) is 13.2. The molecular formula is C26H32N2O6S. The van der Waals surface area contributed by atoms with Crippen LogP contribution in [0.3, 0.4) is 0 Å². The van der Waals surface area contributed by atoms with Crippen LogP contribution in [-0.2, 0) is 27.8 Å². The number of phenols is 1. The van der Waals surface area contributed by atoms with Crippen molar-refractivity contribution < 1.29 is 28.1 Å². The van der Waals surface area contributed by atoms with Crippen molar-refractivity contribution in [1.29, 1.82) is 0 Å². The van der Waals surface area contributed by atoms with Gasteiger partial charge in [0.1, 0.15) is 18.1 Å². The van der Waals surface area contributed by atoms with Gasteiger partial charge in [0.25, 0.3) is 0 Å². The van der Waals surface area contributed by atoms with Gasteiger partial charge >= 0.3 is 0 Å². The van der Waals surface area contributed by atoms with Crippen LogP contribution in [0.4, 0.5) is 5.69 Å². The molecule has 1 atom stereocenters. The normalized spacial score (nSPS) is 12.3. The maximum atomic E-state index is 11.4. The lowest BCUT2D eigenvalue weighted by Gasteiger charge is -2.15. The largest absolute Gasteiger partial charge is 0.506 e. The van der Waals surface area contributed by atoms with Crippen molar-refractivity contribution in [2.75, 3.05) is 37.3 Å². The molecule has 188 valence electrons. The molecule has 0 unspecified atom stereocenters. The summed E-state index contributed by atoms with van der Waals surface area (Å²) in [5, 5.41) is 23.4. The van der Waals surface area contributed by atoms with Gasteiger partial charge in [0.2, 0.25) is 10.0 Å². The fourth-order valence-electron chi connectivity index (χ4n) is 3.37. The standard InChI is InChI=1S/C26H32N2O6S/c1-35(31,32)28-24-17-22(9-12-25(24)29)26(30)18-27-14-13-20-7-10-23(11-8-20)34-16-15-33-19-21-5-3-2-4-6-21/h2-12,17,26-30H,13-16,18-19H2,1H3/t26-/m0/s1. The number of anilines is 1. The average molecular weight is 501 g/mol. The second-order valence-electron chi connectivity index (χ2n) is 8.15. The van der Waals surface area contributed by atoms with Gasteiger partial charge in [-0.2, -0.15) is 0 Å². The number of nitrogens with one attached hydrogen (secondary N) is 2. The minimum absolute atomic E-state index is 0.0362. The van der Waals surface area contributed by atoms with E-state index in [-0.39, 0.29) is 18.0 Å². The number of rotatable bonds is 14. The Morgan fingerprint density at radius 2 is 1.69 bits per heavy atom. The predicted molar refractivity (Wildman–Crippen MR) is 136 cm³/mol. The molecule has 0 aliphatic carbocycles. The minimum atomic E-state index is -3.54. The first kappa shape index (κ1) is 26.5. The summed E-state index contributed by atoms with van der Waals surface area (Å²) in [4.78, 5) is 0. The van der Waals surface area contributed by atoms with Crippen molar-refractivity contribution in [1.82, 2.24) is 5.32 Å². The second kappa shape index (κ2) is 13.1. The molecule has 3 aromatic rings. The Bertz CT molecular complexity index is 1150. The van der Waals surface area contributed by atoms with E-state index in [9.17, 15) is 18.6 Å². The third-order valence-electron chi connectivity index (χ3n) is 5.16. The first-order valence-electron chi connectivity index (χ1n) is 11.3. The van der Waals surface area contributed by atoms with E-state index in [1.165, 1.54) is 12.1 Å². The summed E-state index contributed by atoms with van der Waals surface area (Å²) >= 11 is 0. The highest BCUT2D eigenvalue weighted by Crippen LogP contribution is 2.27. The zero-order chi connectivity index (χ0) is 25.1. The monoisotopic (exact) mass is 500 g/mol. The molecule has 0 heterocycles. The molecule has 35 heavy (non-hydrogen) atoms. The Morgan fingerprint density at radius 3 is 2.40 bits per heavy atom. The van der Waals surface area contributed by atoms with Gasteiger partial charge in [-0.3, -0.25) is 4.72 Å². The second-order valence-corrected chi connectivity index (χ2v) is 9.90. The number of hydrogen-bond acceptors (Lipinski definition) is 7. The summed E-state index contributed by atoms with van der Waals surface area (Å²) in [6.45, 7) is 2.49. The molecule has 0 aliphatic heterocycles. The Balaban J connectivity index is 1.34. The lowest BCUT2D eigenvalue weighted by atomic mass is 10.1. The SMILES string of the molecule is CS(=O)(=O)Nc1cc([C@@H](O)CNCCc2ccc(OCCOCc3ccccc3)cc2)ccc1O.